The largest absolute Gasteiger partial charge is 0.486 e. The maximum Gasteiger partial charge on any atom is 0.335 e. The number of nitrogens with one attached hydrogen (secondary N) is 1. The first-order valence-corrected chi connectivity index (χ1v) is 15.3. The van der Waals surface area contributed by atoms with Crippen LogP contribution < -0.4 is 9.46 Å². The van der Waals surface area contributed by atoms with Crippen LogP contribution in [0.2, 0.25) is 5.02 Å². The highest BCUT2D eigenvalue weighted by atomic mass is 35.5. The number of aliphatic hydroxyl groups excluding tert-OH is 1. The normalized spacial score (nSPS) is 18.0. The van der Waals surface area contributed by atoms with Gasteiger partial charge in [-0.05, 0) is 68.1 Å². The second kappa shape index (κ2) is 13.1. The van der Waals surface area contributed by atoms with Crippen LogP contribution >= 0.6 is 11.6 Å². The Morgan fingerprint density at radius 3 is 2.43 bits per heavy atom. The van der Waals surface area contributed by atoms with E-state index in [9.17, 15) is 28.2 Å². The molecule has 3 atom stereocenters. The minimum absolute atomic E-state index is 0.00392. The summed E-state index contributed by atoms with van der Waals surface area (Å²) < 4.78 is 35.6. The summed E-state index contributed by atoms with van der Waals surface area (Å²) in [6.45, 7) is 4.67. The molecule has 0 saturated heterocycles. The van der Waals surface area contributed by atoms with E-state index in [1.54, 1.807) is 48.2 Å². The predicted molar refractivity (Wildman–Crippen MR) is 160 cm³/mol. The number of para-hydroxylation sites is 1. The first kappa shape index (κ1) is 31.3. The Labute approximate surface area is 250 Å². The monoisotopic (exact) mass is 615 g/mol. The highest BCUT2D eigenvalue weighted by Gasteiger charge is 2.35. The number of halogens is 1. The van der Waals surface area contributed by atoms with Crippen LogP contribution in [0.15, 0.2) is 71.6 Å². The van der Waals surface area contributed by atoms with E-state index in [0.717, 1.165) is 5.56 Å². The van der Waals surface area contributed by atoms with Crippen molar-refractivity contribution < 1.29 is 33.0 Å². The number of nitrogens with zero attached hydrogens (tertiary/aromatic N) is 2. The molecule has 0 saturated carbocycles. The quantitative estimate of drug-likeness (QED) is 0.309. The number of ether oxygens (including phenoxy) is 1. The van der Waals surface area contributed by atoms with Crippen molar-refractivity contribution in [1.29, 1.82) is 0 Å². The number of rotatable bonds is 10. The fourth-order valence-electron chi connectivity index (χ4n) is 4.80. The Hall–Kier alpha value is -3.64. The number of hydrogen-bond acceptors (Lipinski definition) is 7. The highest BCUT2D eigenvalue weighted by Crippen LogP contribution is 2.36. The van der Waals surface area contributed by atoms with Crippen molar-refractivity contribution in [2.45, 2.75) is 37.4 Å². The summed E-state index contributed by atoms with van der Waals surface area (Å²) in [6.07, 6.45) is -0.477. The fourth-order valence-corrected chi connectivity index (χ4v) is 5.98. The van der Waals surface area contributed by atoms with Crippen LogP contribution in [0.1, 0.15) is 40.1 Å². The Balaban J connectivity index is 1.67. The van der Waals surface area contributed by atoms with Gasteiger partial charge in [0.1, 0.15) is 6.10 Å². The molecule has 4 rings (SSSR count). The van der Waals surface area contributed by atoms with E-state index in [1.165, 1.54) is 30.3 Å². The number of sulfonamides is 1. The third-order valence-corrected chi connectivity index (χ3v) is 8.84. The number of benzene rings is 3. The molecule has 3 aromatic rings. The lowest BCUT2D eigenvalue weighted by atomic mass is 9.99. The van der Waals surface area contributed by atoms with Crippen molar-refractivity contribution in [1.82, 2.24) is 9.80 Å². The summed E-state index contributed by atoms with van der Waals surface area (Å²) in [5.41, 5.74) is 1.39. The molecule has 42 heavy (non-hydrogen) atoms. The molecule has 1 aliphatic rings. The number of likely N-dealkylation sites (N-methyl/N-ethyl adjacent to an activating group) is 1. The SMILES string of the molecule is C[C@H]1CN([C@@H](C)CO)C(=O)c2cccc(NS(=O)(=O)c3ccc(Cl)cc3)c2O[C@@H]1CN(C)Cc1ccc(C(=O)O)cc1. The van der Waals surface area contributed by atoms with E-state index in [0.29, 0.717) is 24.7 Å². The molecule has 12 heteroatoms. The average Bonchev–Trinajstić information content (AvgIpc) is 2.95. The third kappa shape index (κ3) is 7.22. The van der Waals surface area contributed by atoms with E-state index >= 15 is 0 Å². The van der Waals surface area contributed by atoms with Crippen molar-refractivity contribution in [2.24, 2.45) is 5.92 Å². The van der Waals surface area contributed by atoms with Crippen molar-refractivity contribution in [3.63, 3.8) is 0 Å². The van der Waals surface area contributed by atoms with Crippen LogP contribution in [0.5, 0.6) is 5.75 Å². The Kier molecular flexibility index (Phi) is 9.78. The van der Waals surface area contributed by atoms with Crippen LogP contribution in [0.3, 0.4) is 0 Å². The van der Waals surface area contributed by atoms with E-state index in [2.05, 4.69) is 4.72 Å². The number of anilines is 1. The zero-order valence-corrected chi connectivity index (χ0v) is 25.1. The summed E-state index contributed by atoms with van der Waals surface area (Å²) >= 11 is 5.94. The zero-order chi connectivity index (χ0) is 30.6. The van der Waals surface area contributed by atoms with E-state index in [1.807, 2.05) is 18.9 Å². The molecule has 0 aliphatic carbocycles. The second-order valence-corrected chi connectivity index (χ2v) is 12.7. The van der Waals surface area contributed by atoms with Crippen LogP contribution in [0, 0.1) is 5.92 Å². The molecular weight excluding hydrogens is 582 g/mol. The van der Waals surface area contributed by atoms with Gasteiger partial charge in [0.25, 0.3) is 15.9 Å². The predicted octanol–water partition coefficient (Wildman–Crippen LogP) is 4.19. The number of fused-ring (bicyclic) bond motifs is 1. The molecule has 224 valence electrons. The molecule has 1 heterocycles. The molecule has 1 aliphatic heterocycles. The lowest BCUT2D eigenvalue weighted by Crippen LogP contribution is -2.49. The van der Waals surface area contributed by atoms with Gasteiger partial charge >= 0.3 is 5.97 Å². The molecule has 0 fully saturated rings. The minimum atomic E-state index is -4.05. The van der Waals surface area contributed by atoms with Crippen molar-refractivity contribution in [3.05, 3.63) is 88.4 Å². The highest BCUT2D eigenvalue weighted by molar-refractivity contribution is 7.92. The summed E-state index contributed by atoms with van der Waals surface area (Å²) in [7, 11) is -2.15. The molecular formula is C30H34ClN3O7S. The molecule has 0 unspecified atom stereocenters. The summed E-state index contributed by atoms with van der Waals surface area (Å²) in [5.74, 6) is -1.47. The lowest BCUT2D eigenvalue weighted by Gasteiger charge is -2.38. The van der Waals surface area contributed by atoms with E-state index < -0.39 is 28.1 Å². The van der Waals surface area contributed by atoms with Crippen LogP contribution in [-0.2, 0) is 16.6 Å². The molecule has 0 spiro atoms. The van der Waals surface area contributed by atoms with E-state index in [-0.39, 0.29) is 45.9 Å². The molecule has 1 amide bonds. The zero-order valence-electron chi connectivity index (χ0n) is 23.5. The molecule has 3 aromatic carbocycles. The van der Waals surface area contributed by atoms with Gasteiger partial charge in [0, 0.05) is 30.6 Å². The summed E-state index contributed by atoms with van der Waals surface area (Å²) in [4.78, 5) is 28.5. The number of hydrogen-bond donors (Lipinski definition) is 3. The van der Waals surface area contributed by atoms with Crippen LogP contribution in [0.4, 0.5) is 5.69 Å². The van der Waals surface area contributed by atoms with Crippen molar-refractivity contribution in [3.8, 4) is 5.75 Å². The van der Waals surface area contributed by atoms with Crippen LogP contribution in [0.25, 0.3) is 0 Å². The number of carbonyl (C=O) groups is 2. The van der Waals surface area contributed by atoms with Crippen LogP contribution in [-0.4, -0.2) is 79.2 Å². The Bertz CT molecular complexity index is 1530. The number of aliphatic hydroxyl groups is 1. The van der Waals surface area contributed by atoms with Gasteiger partial charge in [0.05, 0.1) is 34.4 Å². The maximum absolute atomic E-state index is 13.7. The van der Waals surface area contributed by atoms with Crippen molar-refractivity contribution >= 4 is 39.2 Å². The maximum atomic E-state index is 13.7. The fraction of sp³-hybridized carbons (Fsp3) is 0.333. The molecule has 0 bridgehead atoms. The molecule has 0 aromatic heterocycles. The molecule has 0 radical (unpaired) electrons. The van der Waals surface area contributed by atoms with Gasteiger partial charge < -0.3 is 19.8 Å². The average molecular weight is 616 g/mol. The van der Waals surface area contributed by atoms with Gasteiger partial charge in [0.2, 0.25) is 0 Å². The topological polar surface area (TPSA) is 136 Å². The van der Waals surface area contributed by atoms with Crippen molar-refractivity contribution in [2.75, 3.05) is 31.5 Å². The van der Waals surface area contributed by atoms with Gasteiger partial charge in [-0.2, -0.15) is 0 Å². The van der Waals surface area contributed by atoms with E-state index in [4.69, 9.17) is 16.3 Å². The van der Waals surface area contributed by atoms with Gasteiger partial charge in [-0.15, -0.1) is 0 Å². The van der Waals surface area contributed by atoms with Gasteiger partial charge in [-0.1, -0.05) is 36.7 Å². The number of carboxylic acids is 1. The smallest absolute Gasteiger partial charge is 0.335 e. The summed E-state index contributed by atoms with van der Waals surface area (Å²) in [5, 5.41) is 19.5. The van der Waals surface area contributed by atoms with Gasteiger partial charge in [-0.3, -0.25) is 14.4 Å². The number of carboxylic acid groups (broad SMARTS) is 1. The Morgan fingerprint density at radius 2 is 1.81 bits per heavy atom. The molecule has 10 nitrogen and oxygen atoms in total. The first-order chi connectivity index (χ1) is 19.9. The molecule has 3 N–H and O–H groups in total. The minimum Gasteiger partial charge on any atom is -0.486 e. The first-order valence-electron chi connectivity index (χ1n) is 13.4. The van der Waals surface area contributed by atoms with Gasteiger partial charge in [0.15, 0.2) is 5.75 Å². The second-order valence-electron chi connectivity index (χ2n) is 10.6. The number of carbonyl (C=O) groups excluding carboxylic acids is 1. The Morgan fingerprint density at radius 1 is 1.14 bits per heavy atom. The summed E-state index contributed by atoms with van der Waals surface area (Å²) in [6, 6.07) is 16.5. The standard InChI is InChI=1S/C30H34ClN3O7S/c1-19-15-34(20(2)18-35)29(36)25-5-4-6-26(32-42(39,40)24-13-11-23(31)12-14-24)28(25)41-27(19)17-33(3)16-21-7-9-22(10-8-21)30(37)38/h4-14,19-20,27,32,35H,15-18H2,1-3H3,(H,37,38)/t19-,20-,27+/m0/s1. The number of aromatic carboxylic acids is 1. The number of amides is 1. The lowest BCUT2D eigenvalue weighted by molar-refractivity contribution is 0.0343. The third-order valence-electron chi connectivity index (χ3n) is 7.20. The van der Waals surface area contributed by atoms with Gasteiger partial charge in [-0.25, -0.2) is 13.2 Å².